The maximum absolute atomic E-state index is 10.9. The number of aryl methyl sites for hydroxylation is 3. The summed E-state index contributed by atoms with van der Waals surface area (Å²) in [6.07, 6.45) is 0.793. The molecule has 0 radical (unpaired) electrons. The van der Waals surface area contributed by atoms with E-state index in [1.807, 2.05) is 11.7 Å². The van der Waals surface area contributed by atoms with Gasteiger partial charge < -0.3 is 4.90 Å². The molecule has 7 nitrogen and oxygen atoms in total. The van der Waals surface area contributed by atoms with Gasteiger partial charge in [0.15, 0.2) is 0 Å². The second-order valence-corrected chi connectivity index (χ2v) is 7.78. The largest absolute Gasteiger partial charge is 0.356 e. The average molecular weight is 337 g/mol. The highest BCUT2D eigenvalue weighted by Gasteiger charge is 2.30. The van der Waals surface area contributed by atoms with Crippen LogP contribution in [-0.4, -0.2) is 37.8 Å². The topological polar surface area (TPSA) is 93.2 Å². The van der Waals surface area contributed by atoms with Gasteiger partial charge in [-0.3, -0.25) is 4.68 Å². The second-order valence-electron chi connectivity index (χ2n) is 6.40. The fourth-order valence-corrected chi connectivity index (χ4v) is 3.55. The zero-order chi connectivity index (χ0) is 16.8. The summed E-state index contributed by atoms with van der Waals surface area (Å²) < 4.78 is 26.0. The minimum atomic E-state index is -3.58. The van der Waals surface area contributed by atoms with Gasteiger partial charge in [-0.05, 0) is 49.4 Å². The molecule has 8 heteroatoms. The molecule has 1 aliphatic heterocycles. The Kier molecular flexibility index (Phi) is 4.07. The quantitative estimate of drug-likeness (QED) is 0.844. The summed E-state index contributed by atoms with van der Waals surface area (Å²) in [7, 11) is -1.61. The van der Waals surface area contributed by atoms with Crippen molar-refractivity contribution in [3.63, 3.8) is 0 Å². The molecule has 0 amide bonds. The fourth-order valence-electron chi connectivity index (χ4n) is 3.15. The van der Waals surface area contributed by atoms with Crippen molar-refractivity contribution in [3.8, 4) is 0 Å². The van der Waals surface area contributed by atoms with Crippen LogP contribution in [0.2, 0.25) is 0 Å². The molecule has 2 aromatic rings. The molecule has 0 atom stereocenters. The van der Waals surface area contributed by atoms with Gasteiger partial charge in [0.2, 0.25) is 0 Å². The molecule has 0 spiro atoms. The molecule has 0 unspecified atom stereocenters. The summed E-state index contributed by atoms with van der Waals surface area (Å²) in [4.78, 5) is 2.30. The first-order valence-electron chi connectivity index (χ1n) is 7.71. The monoisotopic (exact) mass is 337 g/mol. The lowest BCUT2D eigenvalue weighted by Gasteiger charge is -2.41. The lowest BCUT2D eigenvalue weighted by Crippen LogP contribution is -2.49. The molecule has 3 N–H and O–H groups in total. The maximum atomic E-state index is 10.9. The first kappa shape index (κ1) is 16.2. The zero-order valence-electron chi connectivity index (χ0n) is 13.7. The molecular formula is C15H23N5O2S. The third kappa shape index (κ3) is 3.34. The highest BCUT2D eigenvalue weighted by atomic mass is 32.2. The number of hydrogen-bond acceptors (Lipinski definition) is 4. The van der Waals surface area contributed by atoms with Crippen molar-refractivity contribution in [1.29, 1.82) is 0 Å². The Morgan fingerprint density at radius 3 is 2.61 bits per heavy atom. The Hall–Kier alpha value is -1.64. The molecule has 126 valence electrons. The van der Waals surface area contributed by atoms with E-state index >= 15 is 0 Å². The van der Waals surface area contributed by atoms with E-state index in [4.69, 9.17) is 5.14 Å². The molecule has 0 bridgehead atoms. The van der Waals surface area contributed by atoms with Crippen molar-refractivity contribution < 1.29 is 8.42 Å². The summed E-state index contributed by atoms with van der Waals surface area (Å²) in [5, 5.41) is 10.7. The summed E-state index contributed by atoms with van der Waals surface area (Å²) in [5.41, 5.74) is 3.53. The number of anilines is 1. The summed E-state index contributed by atoms with van der Waals surface area (Å²) >= 11 is 0. The molecule has 23 heavy (non-hydrogen) atoms. The predicted molar refractivity (Wildman–Crippen MR) is 91.6 cm³/mol. The van der Waals surface area contributed by atoms with Crippen molar-refractivity contribution in [2.24, 2.45) is 18.1 Å². The summed E-state index contributed by atoms with van der Waals surface area (Å²) in [5.74, 6) is 1.61. The smallest absolute Gasteiger partial charge is 0.274 e. The number of fused-ring (bicyclic) bond motifs is 1. The minimum Gasteiger partial charge on any atom is -0.356 e. The van der Waals surface area contributed by atoms with E-state index in [-0.39, 0.29) is 0 Å². The van der Waals surface area contributed by atoms with Crippen LogP contribution in [0.4, 0.5) is 5.82 Å². The van der Waals surface area contributed by atoms with E-state index in [2.05, 4.69) is 40.7 Å². The molecule has 2 heterocycles. The molecule has 1 aromatic carbocycles. The number of nitrogens with two attached hydrogens (primary N) is 1. The van der Waals surface area contributed by atoms with E-state index in [0.717, 1.165) is 30.8 Å². The minimum absolute atomic E-state index is 0.391. The molecule has 0 aliphatic carbocycles. The first-order chi connectivity index (χ1) is 10.7. The standard InChI is InChI=1S/C15H23N5O2S/c1-10-6-13-14(7-11(10)2)18-19(3)15(13)20-8-12(9-20)4-5-17-23(16,21)22/h6-7,12,17H,4-5,8-9H2,1-3H3,(H2,16,21,22). The molecule has 1 saturated heterocycles. The van der Waals surface area contributed by atoms with Gasteiger partial charge >= 0.3 is 0 Å². The Balaban J connectivity index is 1.69. The Labute approximate surface area is 136 Å². The van der Waals surface area contributed by atoms with Gasteiger partial charge in [0.05, 0.1) is 5.52 Å². The number of rotatable bonds is 5. The van der Waals surface area contributed by atoms with Gasteiger partial charge in [0.1, 0.15) is 5.82 Å². The van der Waals surface area contributed by atoms with Gasteiger partial charge in [-0.25, -0.2) is 9.86 Å². The normalized spacial score (nSPS) is 16.1. The third-order valence-corrected chi connectivity index (χ3v) is 5.14. The molecule has 1 aromatic heterocycles. The number of nitrogens with one attached hydrogen (secondary N) is 1. The third-order valence-electron chi connectivity index (χ3n) is 4.53. The van der Waals surface area contributed by atoms with Crippen LogP contribution in [0.3, 0.4) is 0 Å². The molecule has 1 aliphatic rings. The van der Waals surface area contributed by atoms with E-state index in [0.29, 0.717) is 12.5 Å². The van der Waals surface area contributed by atoms with Gasteiger partial charge in [0, 0.05) is 32.1 Å². The van der Waals surface area contributed by atoms with Crippen molar-refractivity contribution in [2.75, 3.05) is 24.5 Å². The Bertz CT molecular complexity index is 837. The highest BCUT2D eigenvalue weighted by Crippen LogP contribution is 2.33. The van der Waals surface area contributed by atoms with Gasteiger partial charge in [-0.1, -0.05) is 0 Å². The van der Waals surface area contributed by atoms with Crippen LogP contribution in [0.1, 0.15) is 17.5 Å². The van der Waals surface area contributed by atoms with Crippen LogP contribution < -0.4 is 14.8 Å². The molecular weight excluding hydrogens is 314 g/mol. The Morgan fingerprint density at radius 1 is 1.30 bits per heavy atom. The van der Waals surface area contributed by atoms with Gasteiger partial charge in [0.25, 0.3) is 10.2 Å². The van der Waals surface area contributed by atoms with E-state index in [9.17, 15) is 8.42 Å². The summed E-state index contributed by atoms with van der Waals surface area (Å²) in [6.45, 7) is 6.42. The maximum Gasteiger partial charge on any atom is 0.274 e. The number of aromatic nitrogens is 2. The van der Waals surface area contributed by atoms with E-state index < -0.39 is 10.2 Å². The van der Waals surface area contributed by atoms with Crippen LogP contribution in [0.5, 0.6) is 0 Å². The second kappa shape index (κ2) is 5.77. The van der Waals surface area contributed by atoms with E-state index in [1.54, 1.807) is 0 Å². The molecule has 1 fully saturated rings. The Morgan fingerprint density at radius 2 is 1.96 bits per heavy atom. The lowest BCUT2D eigenvalue weighted by molar-refractivity contribution is 0.378. The highest BCUT2D eigenvalue weighted by molar-refractivity contribution is 7.87. The van der Waals surface area contributed by atoms with Crippen LogP contribution >= 0.6 is 0 Å². The zero-order valence-corrected chi connectivity index (χ0v) is 14.5. The van der Waals surface area contributed by atoms with Crippen LogP contribution in [-0.2, 0) is 17.3 Å². The van der Waals surface area contributed by atoms with Gasteiger partial charge in [-0.15, -0.1) is 0 Å². The number of benzene rings is 1. The van der Waals surface area contributed by atoms with E-state index in [1.165, 1.54) is 16.5 Å². The number of hydrogen-bond donors (Lipinski definition) is 2. The summed E-state index contributed by atoms with van der Waals surface area (Å²) in [6, 6.07) is 4.32. The lowest BCUT2D eigenvalue weighted by atomic mass is 9.96. The van der Waals surface area contributed by atoms with Crippen molar-refractivity contribution in [1.82, 2.24) is 14.5 Å². The molecule has 3 rings (SSSR count). The molecule has 0 saturated carbocycles. The average Bonchev–Trinajstić information content (AvgIpc) is 2.67. The first-order valence-corrected chi connectivity index (χ1v) is 9.25. The van der Waals surface area contributed by atoms with Crippen molar-refractivity contribution in [3.05, 3.63) is 23.3 Å². The number of nitrogens with zero attached hydrogens (tertiary/aromatic N) is 3. The van der Waals surface area contributed by atoms with Crippen LogP contribution in [0.25, 0.3) is 10.9 Å². The van der Waals surface area contributed by atoms with Crippen LogP contribution in [0.15, 0.2) is 12.1 Å². The van der Waals surface area contributed by atoms with Crippen molar-refractivity contribution >= 4 is 26.9 Å². The van der Waals surface area contributed by atoms with Gasteiger partial charge in [-0.2, -0.15) is 13.5 Å². The predicted octanol–water partition coefficient (Wildman–Crippen LogP) is 0.810. The van der Waals surface area contributed by atoms with Crippen LogP contribution in [0, 0.1) is 19.8 Å². The van der Waals surface area contributed by atoms with Crippen molar-refractivity contribution in [2.45, 2.75) is 20.3 Å². The fraction of sp³-hybridized carbons (Fsp3) is 0.533. The SMILES string of the molecule is Cc1cc2nn(C)c(N3CC(CCNS(N)(=O)=O)C3)c2cc1C.